The molecule has 4 heterocycles. The van der Waals surface area contributed by atoms with Crippen LogP contribution in [0.3, 0.4) is 0 Å². The van der Waals surface area contributed by atoms with Crippen molar-refractivity contribution in [3.8, 4) is 0 Å². The van der Waals surface area contributed by atoms with E-state index >= 15 is 0 Å². The Bertz CT molecular complexity index is 1620. The van der Waals surface area contributed by atoms with Gasteiger partial charge in [-0.15, -0.1) is 0 Å². The summed E-state index contributed by atoms with van der Waals surface area (Å²) in [7, 11) is 2.55. The Morgan fingerprint density at radius 1 is 0.905 bits per heavy atom. The van der Waals surface area contributed by atoms with Crippen molar-refractivity contribution in [3.05, 3.63) is 36.5 Å². The molecule has 2 unspecified atom stereocenters. The van der Waals surface area contributed by atoms with Gasteiger partial charge in [0.05, 0.1) is 57.3 Å². The van der Waals surface area contributed by atoms with Gasteiger partial charge in [0, 0.05) is 54.9 Å². The molecule has 3 fully saturated rings. The maximum absolute atomic E-state index is 13.4. The van der Waals surface area contributed by atoms with E-state index in [2.05, 4.69) is 0 Å². The first kappa shape index (κ1) is 52.4. The first-order chi connectivity index (χ1) is 29.6. The molecule has 3 saturated heterocycles. The number of aliphatic hydroxyl groups excluding tert-OH is 2. The molecule has 0 saturated carbocycles. The molecule has 4 aliphatic rings. The van der Waals surface area contributed by atoms with Gasteiger partial charge in [-0.2, -0.15) is 0 Å². The molecule has 0 radical (unpaired) electrons. The van der Waals surface area contributed by atoms with Crippen molar-refractivity contribution in [1.29, 1.82) is 0 Å². The lowest BCUT2D eigenvalue weighted by Gasteiger charge is -2.54. The summed E-state index contributed by atoms with van der Waals surface area (Å²) in [6.07, 6.45) is 4.59. The second kappa shape index (κ2) is 22.8. The Labute approximate surface area is 372 Å². The largest absolute Gasteiger partial charge is 0.469 e. The van der Waals surface area contributed by atoms with E-state index in [4.69, 9.17) is 37.9 Å². The minimum absolute atomic E-state index is 0.0389. The molecule has 0 spiro atoms. The van der Waals surface area contributed by atoms with Crippen molar-refractivity contribution < 1.29 is 77.5 Å². The Morgan fingerprint density at radius 2 is 1.60 bits per heavy atom. The van der Waals surface area contributed by atoms with Crippen molar-refractivity contribution in [1.82, 2.24) is 0 Å². The van der Waals surface area contributed by atoms with E-state index in [1.165, 1.54) is 40.2 Å². The van der Waals surface area contributed by atoms with Crippen LogP contribution in [0.15, 0.2) is 36.5 Å². The molecule has 4 aliphatic heterocycles. The predicted molar refractivity (Wildman–Crippen MR) is 228 cm³/mol. The molecule has 0 amide bonds. The number of fused-ring (bicyclic) bond motifs is 6. The molecule has 13 atom stereocenters. The zero-order valence-corrected chi connectivity index (χ0v) is 38.7. The smallest absolute Gasteiger partial charge is 0.331 e. The average molecular weight is 895 g/mol. The predicted octanol–water partition coefficient (Wildman–Crippen LogP) is 5.26. The van der Waals surface area contributed by atoms with Gasteiger partial charge in [-0.3, -0.25) is 14.4 Å². The second-order valence-electron chi connectivity index (χ2n) is 18.9. The summed E-state index contributed by atoms with van der Waals surface area (Å²) in [5.74, 6) is -7.71. The van der Waals surface area contributed by atoms with Gasteiger partial charge < -0.3 is 58.3 Å². The molecule has 4 N–H and O–H groups in total. The van der Waals surface area contributed by atoms with Crippen LogP contribution in [-0.2, 0) is 57.1 Å². The average Bonchev–Trinajstić information content (AvgIpc) is 3.19. The highest BCUT2D eigenvalue weighted by molar-refractivity contribution is 5.82. The molecule has 358 valence electrons. The number of unbranched alkanes of at least 4 members (excludes halogenated alkanes) is 1. The molecule has 0 aromatic carbocycles. The number of hydrogen-bond donors (Lipinski definition) is 4. The minimum Gasteiger partial charge on any atom is -0.469 e. The van der Waals surface area contributed by atoms with Crippen LogP contribution in [0.25, 0.3) is 0 Å². The molecular formula is C47H74O16. The van der Waals surface area contributed by atoms with Gasteiger partial charge in [-0.1, -0.05) is 71.4 Å². The van der Waals surface area contributed by atoms with Crippen LogP contribution in [0.5, 0.6) is 0 Å². The number of allylic oxidation sites excluding steroid dienone is 3. The molecule has 16 nitrogen and oxygen atoms in total. The Hall–Kier alpha value is -3.22. The minimum atomic E-state index is -2.33. The van der Waals surface area contributed by atoms with Crippen LogP contribution < -0.4 is 0 Å². The number of carbonyl (C=O) groups is 4. The van der Waals surface area contributed by atoms with E-state index in [0.717, 1.165) is 12.8 Å². The van der Waals surface area contributed by atoms with Crippen molar-refractivity contribution in [3.63, 3.8) is 0 Å². The number of esters is 4. The van der Waals surface area contributed by atoms with Gasteiger partial charge in [0.25, 0.3) is 0 Å². The molecule has 4 rings (SSSR count). The third-order valence-corrected chi connectivity index (χ3v) is 13.2. The summed E-state index contributed by atoms with van der Waals surface area (Å²) in [6, 6.07) is 0. The van der Waals surface area contributed by atoms with Crippen molar-refractivity contribution in [2.75, 3.05) is 14.2 Å². The SMILES string of the molecule is CCCC=CC=CC(=O)O[C@H]1[C@H](CC(=O)OC)C[C@H]2C[C@H]([C@@H](C)O)OC(=O)CCC[C@@H]3C[C@H](O[C@@H](C)O)C(C)(C)[C@](O)(C[C@@H]4CC(CC(=O)OC)CC(C=CC(C)(C)[C@]1(O)O2)O4)O3. The third-order valence-electron chi connectivity index (χ3n) is 13.2. The molecule has 0 aliphatic carbocycles. The van der Waals surface area contributed by atoms with E-state index in [9.17, 15) is 39.6 Å². The summed E-state index contributed by atoms with van der Waals surface area (Å²) in [5.41, 5.74) is -2.48. The fourth-order valence-electron chi connectivity index (χ4n) is 9.31. The first-order valence-corrected chi connectivity index (χ1v) is 22.6. The number of cyclic esters (lactones) is 1. The van der Waals surface area contributed by atoms with E-state index in [1.807, 2.05) is 13.0 Å². The highest BCUT2D eigenvalue weighted by Crippen LogP contribution is 2.51. The standard InChI is InChI=1S/C47H74O16/c1-10-11-12-13-14-17-40(51)61-43-32(25-42(53)57-9)24-35-26-37(29(2)48)60-39(50)18-15-16-34-27-38(58-30(3)49)45(6,7)46(54,62-34)28-36-22-31(23-41(52)56-8)21-33(59-36)19-20-44(4,5)47(43,55)63-35/h12-14,17,19-20,29-38,43,48-49,54-55H,10-11,15-16,18,21-28H2,1-9H3/t29-,30+,31?,32+,33?,34-,35+,36+,37-,38+,43+,46+,47-/m1/s1. The maximum atomic E-state index is 13.4. The summed E-state index contributed by atoms with van der Waals surface area (Å²) >= 11 is 0. The normalized spacial score (nSPS) is 36.1. The van der Waals surface area contributed by atoms with E-state index in [-0.39, 0.29) is 50.9 Å². The number of methoxy groups -OCH3 is 2. The number of ether oxygens (including phenoxy) is 8. The second-order valence-corrected chi connectivity index (χ2v) is 18.9. The van der Waals surface area contributed by atoms with Gasteiger partial charge in [-0.05, 0) is 58.3 Å². The van der Waals surface area contributed by atoms with Crippen LogP contribution in [0.4, 0.5) is 0 Å². The molecule has 16 heteroatoms. The van der Waals surface area contributed by atoms with E-state index in [1.54, 1.807) is 45.9 Å². The summed E-state index contributed by atoms with van der Waals surface area (Å²) in [6.45, 7) is 11.9. The van der Waals surface area contributed by atoms with Gasteiger partial charge in [0.15, 0.2) is 18.2 Å². The Balaban J connectivity index is 1.83. The molecular weight excluding hydrogens is 821 g/mol. The maximum Gasteiger partial charge on any atom is 0.331 e. The Morgan fingerprint density at radius 3 is 2.25 bits per heavy atom. The van der Waals surface area contributed by atoms with Gasteiger partial charge in [0.2, 0.25) is 5.79 Å². The molecule has 0 aromatic rings. The van der Waals surface area contributed by atoms with Crippen LogP contribution in [0.1, 0.15) is 132 Å². The van der Waals surface area contributed by atoms with Gasteiger partial charge in [0.1, 0.15) is 6.10 Å². The van der Waals surface area contributed by atoms with E-state index < -0.39 is 107 Å². The van der Waals surface area contributed by atoms with Crippen LogP contribution in [0.2, 0.25) is 0 Å². The van der Waals surface area contributed by atoms with Crippen LogP contribution in [0, 0.1) is 22.7 Å². The Kier molecular flexibility index (Phi) is 19.0. The lowest BCUT2D eigenvalue weighted by atomic mass is 9.70. The fourth-order valence-corrected chi connectivity index (χ4v) is 9.31. The monoisotopic (exact) mass is 894 g/mol. The zero-order valence-electron chi connectivity index (χ0n) is 38.7. The molecule has 0 aromatic heterocycles. The van der Waals surface area contributed by atoms with Gasteiger partial charge >= 0.3 is 23.9 Å². The van der Waals surface area contributed by atoms with E-state index in [0.29, 0.717) is 25.7 Å². The zero-order chi connectivity index (χ0) is 46.8. The highest BCUT2D eigenvalue weighted by Gasteiger charge is 2.60. The quantitative estimate of drug-likeness (QED) is 0.0490. The van der Waals surface area contributed by atoms with Crippen LogP contribution in [-0.4, -0.2) is 125 Å². The summed E-state index contributed by atoms with van der Waals surface area (Å²) in [5, 5.41) is 46.8. The molecule has 63 heavy (non-hydrogen) atoms. The third kappa shape index (κ3) is 13.9. The van der Waals surface area contributed by atoms with Crippen molar-refractivity contribution >= 4 is 23.9 Å². The number of carbonyl (C=O) groups excluding carboxylic acids is 4. The lowest BCUT2D eigenvalue weighted by molar-refractivity contribution is -0.361. The number of rotatable bonds is 12. The van der Waals surface area contributed by atoms with Crippen molar-refractivity contribution in [2.24, 2.45) is 22.7 Å². The number of hydrogen-bond acceptors (Lipinski definition) is 16. The van der Waals surface area contributed by atoms with Crippen LogP contribution >= 0.6 is 0 Å². The van der Waals surface area contributed by atoms with Gasteiger partial charge in [-0.25, -0.2) is 4.79 Å². The molecule has 6 bridgehead atoms. The topological polar surface area (TPSA) is 223 Å². The first-order valence-electron chi connectivity index (χ1n) is 22.6. The lowest BCUT2D eigenvalue weighted by Crippen LogP contribution is -2.64. The summed E-state index contributed by atoms with van der Waals surface area (Å²) in [4.78, 5) is 52.5. The van der Waals surface area contributed by atoms with Crippen molar-refractivity contribution in [2.45, 2.75) is 199 Å². The summed E-state index contributed by atoms with van der Waals surface area (Å²) < 4.78 is 47.7. The highest BCUT2D eigenvalue weighted by atomic mass is 16.7. The fraction of sp³-hybridized carbons (Fsp3) is 0.787. The number of aliphatic hydroxyl groups is 4.